The van der Waals surface area contributed by atoms with Crippen molar-refractivity contribution in [3.63, 3.8) is 0 Å². The van der Waals surface area contributed by atoms with Gasteiger partial charge in [-0.1, -0.05) is 12.1 Å². The summed E-state index contributed by atoms with van der Waals surface area (Å²) in [4.78, 5) is 0. The molecule has 16 heavy (non-hydrogen) atoms. The molecule has 2 unspecified atom stereocenters. The lowest BCUT2D eigenvalue weighted by Gasteiger charge is -2.23. The first-order chi connectivity index (χ1) is 7.79. The van der Waals surface area contributed by atoms with E-state index in [0.717, 1.165) is 11.5 Å². The third-order valence-electron chi connectivity index (χ3n) is 4.15. The second kappa shape index (κ2) is 3.86. The van der Waals surface area contributed by atoms with Crippen LogP contribution in [0, 0.1) is 0 Å². The highest BCUT2D eigenvalue weighted by molar-refractivity contribution is 5.46. The van der Waals surface area contributed by atoms with Crippen LogP contribution in [-0.2, 0) is 12.8 Å². The van der Waals surface area contributed by atoms with E-state index in [1.54, 1.807) is 5.56 Å². The minimum atomic E-state index is -0.484. The predicted molar refractivity (Wildman–Crippen MR) is 64.5 cm³/mol. The van der Waals surface area contributed by atoms with Crippen LogP contribution in [0.2, 0.25) is 0 Å². The van der Waals surface area contributed by atoms with E-state index in [-0.39, 0.29) is 0 Å². The van der Waals surface area contributed by atoms with E-state index in [4.69, 9.17) is 5.73 Å². The molecule has 2 atom stereocenters. The van der Waals surface area contributed by atoms with Gasteiger partial charge in [0.25, 0.3) is 0 Å². The molecule has 0 saturated heterocycles. The van der Waals surface area contributed by atoms with E-state index < -0.39 is 6.10 Å². The average Bonchev–Trinajstić information content (AvgIpc) is 2.73. The standard InChI is InChI=1S/C14H19NO/c15-8-13(16)12-6-10-3-1-2-9-4-5-11(7-12)14(9)10/h6-7,9,13,16H,1-5,8,15H2. The van der Waals surface area contributed by atoms with Gasteiger partial charge in [0.15, 0.2) is 0 Å². The Labute approximate surface area is 96.5 Å². The smallest absolute Gasteiger partial charge is 0.0912 e. The van der Waals surface area contributed by atoms with E-state index in [9.17, 15) is 5.11 Å². The SMILES string of the molecule is NCC(O)c1cc2c3c(c1)CCC3CCC2. The Morgan fingerprint density at radius 3 is 2.75 bits per heavy atom. The first-order valence-corrected chi connectivity index (χ1v) is 6.33. The van der Waals surface area contributed by atoms with Crippen molar-refractivity contribution in [3.8, 4) is 0 Å². The Bertz CT molecular complexity index is 413. The lowest BCUT2D eigenvalue weighted by Crippen LogP contribution is -2.14. The third kappa shape index (κ3) is 1.48. The highest BCUT2D eigenvalue weighted by Gasteiger charge is 2.29. The van der Waals surface area contributed by atoms with E-state index in [1.807, 2.05) is 0 Å². The number of benzene rings is 1. The molecule has 0 spiro atoms. The molecule has 0 saturated carbocycles. The molecular formula is C14H19NO. The molecule has 3 N–H and O–H groups in total. The minimum absolute atomic E-state index is 0.321. The van der Waals surface area contributed by atoms with Gasteiger partial charge >= 0.3 is 0 Å². The molecule has 0 amide bonds. The second-order valence-electron chi connectivity index (χ2n) is 5.13. The highest BCUT2D eigenvalue weighted by Crippen LogP contribution is 2.43. The van der Waals surface area contributed by atoms with Crippen LogP contribution in [0.1, 0.15) is 53.5 Å². The monoisotopic (exact) mass is 217 g/mol. The lowest BCUT2D eigenvalue weighted by molar-refractivity contribution is 0.186. The van der Waals surface area contributed by atoms with Gasteiger partial charge in [0.2, 0.25) is 0 Å². The normalized spacial score (nSPS) is 24.2. The zero-order chi connectivity index (χ0) is 11.1. The van der Waals surface area contributed by atoms with Crippen molar-refractivity contribution >= 4 is 0 Å². The Hall–Kier alpha value is -0.860. The number of rotatable bonds is 2. The topological polar surface area (TPSA) is 46.2 Å². The summed E-state index contributed by atoms with van der Waals surface area (Å²) in [6.45, 7) is 0.321. The maximum Gasteiger partial charge on any atom is 0.0912 e. The van der Waals surface area contributed by atoms with Crippen LogP contribution in [0.15, 0.2) is 12.1 Å². The Balaban J connectivity index is 2.08. The molecule has 0 aliphatic heterocycles. The molecule has 0 radical (unpaired) electrons. The molecule has 2 heteroatoms. The number of aliphatic hydroxyl groups excluding tert-OH is 1. The highest BCUT2D eigenvalue weighted by atomic mass is 16.3. The van der Waals surface area contributed by atoms with Crippen LogP contribution in [0.25, 0.3) is 0 Å². The Morgan fingerprint density at radius 2 is 2.00 bits per heavy atom. The van der Waals surface area contributed by atoms with Gasteiger partial charge in [0, 0.05) is 6.54 Å². The van der Waals surface area contributed by atoms with Gasteiger partial charge in [-0.05, 0) is 60.3 Å². The van der Waals surface area contributed by atoms with Crippen LogP contribution in [-0.4, -0.2) is 11.7 Å². The van der Waals surface area contributed by atoms with Gasteiger partial charge in [0.1, 0.15) is 0 Å². The van der Waals surface area contributed by atoms with Gasteiger partial charge in [-0.25, -0.2) is 0 Å². The van der Waals surface area contributed by atoms with Gasteiger partial charge in [-0.3, -0.25) is 0 Å². The number of aliphatic hydroxyl groups is 1. The fourth-order valence-corrected chi connectivity index (χ4v) is 3.37. The van der Waals surface area contributed by atoms with Crippen LogP contribution in [0.5, 0.6) is 0 Å². The molecule has 0 heterocycles. The summed E-state index contributed by atoms with van der Waals surface area (Å²) >= 11 is 0. The van der Waals surface area contributed by atoms with Crippen molar-refractivity contribution in [3.05, 3.63) is 34.4 Å². The zero-order valence-corrected chi connectivity index (χ0v) is 9.58. The molecular weight excluding hydrogens is 198 g/mol. The fourth-order valence-electron chi connectivity index (χ4n) is 3.37. The number of nitrogens with two attached hydrogens (primary N) is 1. The summed E-state index contributed by atoms with van der Waals surface area (Å²) in [6, 6.07) is 4.37. The van der Waals surface area contributed by atoms with Crippen molar-refractivity contribution in [2.45, 2.75) is 44.1 Å². The Kier molecular flexibility index (Phi) is 2.49. The maximum absolute atomic E-state index is 9.84. The lowest BCUT2D eigenvalue weighted by atomic mass is 9.83. The third-order valence-corrected chi connectivity index (χ3v) is 4.15. The zero-order valence-electron chi connectivity index (χ0n) is 9.58. The molecule has 0 bridgehead atoms. The van der Waals surface area contributed by atoms with E-state index in [2.05, 4.69) is 12.1 Å². The second-order valence-corrected chi connectivity index (χ2v) is 5.13. The van der Waals surface area contributed by atoms with Crippen LogP contribution in [0.4, 0.5) is 0 Å². The quantitative estimate of drug-likeness (QED) is 0.796. The molecule has 0 aromatic heterocycles. The van der Waals surface area contributed by atoms with Crippen molar-refractivity contribution < 1.29 is 5.11 Å². The number of hydrogen-bond donors (Lipinski definition) is 2. The summed E-state index contributed by atoms with van der Waals surface area (Å²) in [5.41, 5.74) is 11.1. The van der Waals surface area contributed by atoms with E-state index in [1.165, 1.54) is 43.2 Å². The first kappa shape index (κ1) is 10.3. The van der Waals surface area contributed by atoms with Gasteiger partial charge in [-0.15, -0.1) is 0 Å². The Morgan fingerprint density at radius 1 is 1.25 bits per heavy atom. The summed E-state index contributed by atoms with van der Waals surface area (Å²) < 4.78 is 0. The first-order valence-electron chi connectivity index (χ1n) is 6.33. The van der Waals surface area contributed by atoms with Crippen molar-refractivity contribution in [2.24, 2.45) is 5.73 Å². The van der Waals surface area contributed by atoms with Gasteiger partial charge in [0.05, 0.1) is 6.10 Å². The molecule has 2 aliphatic carbocycles. The molecule has 86 valence electrons. The maximum atomic E-state index is 9.84. The number of hydrogen-bond acceptors (Lipinski definition) is 2. The van der Waals surface area contributed by atoms with Crippen LogP contribution < -0.4 is 5.73 Å². The van der Waals surface area contributed by atoms with Gasteiger partial charge in [-0.2, -0.15) is 0 Å². The average molecular weight is 217 g/mol. The van der Waals surface area contributed by atoms with Gasteiger partial charge < -0.3 is 10.8 Å². The largest absolute Gasteiger partial charge is 0.387 e. The molecule has 0 fully saturated rings. The number of aryl methyl sites for hydroxylation is 2. The summed E-state index contributed by atoms with van der Waals surface area (Å²) in [7, 11) is 0. The van der Waals surface area contributed by atoms with E-state index in [0.29, 0.717) is 6.54 Å². The van der Waals surface area contributed by atoms with E-state index >= 15 is 0 Å². The minimum Gasteiger partial charge on any atom is -0.387 e. The molecule has 2 nitrogen and oxygen atoms in total. The predicted octanol–water partition coefficient (Wildman–Crippen LogP) is 2.04. The van der Waals surface area contributed by atoms with Crippen molar-refractivity contribution in [2.75, 3.05) is 6.54 Å². The fraction of sp³-hybridized carbons (Fsp3) is 0.571. The molecule has 3 rings (SSSR count). The van der Waals surface area contributed by atoms with Crippen LogP contribution in [0.3, 0.4) is 0 Å². The van der Waals surface area contributed by atoms with Crippen molar-refractivity contribution in [1.29, 1.82) is 0 Å². The summed E-state index contributed by atoms with van der Waals surface area (Å²) in [6.07, 6.45) is 5.87. The van der Waals surface area contributed by atoms with Crippen molar-refractivity contribution in [1.82, 2.24) is 0 Å². The summed E-state index contributed by atoms with van der Waals surface area (Å²) in [5, 5.41) is 9.84. The molecule has 1 aromatic rings. The van der Waals surface area contributed by atoms with Crippen LogP contribution >= 0.6 is 0 Å². The molecule has 1 aromatic carbocycles. The summed E-state index contributed by atoms with van der Waals surface area (Å²) in [5.74, 6) is 0.808. The molecule has 2 aliphatic rings.